The van der Waals surface area contributed by atoms with E-state index in [9.17, 15) is 4.79 Å². The fourth-order valence-electron chi connectivity index (χ4n) is 1.31. The van der Waals surface area contributed by atoms with Crippen LogP contribution in [-0.2, 0) is 14.2 Å². The monoisotopic (exact) mass is 274 g/mol. The number of rotatable bonds is 8. The molecule has 7 heteroatoms. The van der Waals surface area contributed by atoms with Crippen molar-refractivity contribution in [3.8, 4) is 0 Å². The highest BCUT2D eigenvalue weighted by Crippen LogP contribution is 2.20. The molecule has 0 radical (unpaired) electrons. The van der Waals surface area contributed by atoms with Gasteiger partial charge in [0.15, 0.2) is 10.8 Å². The molecule has 102 valence electrons. The second-order valence-electron chi connectivity index (χ2n) is 3.48. The summed E-state index contributed by atoms with van der Waals surface area (Å²) in [5, 5.41) is 2.46. The molecule has 0 aliphatic rings. The van der Waals surface area contributed by atoms with Crippen LogP contribution in [0.1, 0.15) is 10.5 Å². The van der Waals surface area contributed by atoms with Crippen molar-refractivity contribution in [2.75, 3.05) is 52.5 Å². The molecule has 0 saturated heterocycles. The van der Waals surface area contributed by atoms with Crippen molar-refractivity contribution in [2.24, 2.45) is 0 Å². The molecule has 0 aliphatic heterocycles. The van der Waals surface area contributed by atoms with E-state index in [1.165, 1.54) is 18.4 Å². The first-order valence-electron chi connectivity index (χ1n) is 5.49. The van der Waals surface area contributed by atoms with Gasteiger partial charge in [-0.3, -0.25) is 0 Å². The van der Waals surface area contributed by atoms with Crippen molar-refractivity contribution in [3.05, 3.63) is 11.1 Å². The van der Waals surface area contributed by atoms with Crippen LogP contribution < -0.4 is 4.90 Å². The van der Waals surface area contributed by atoms with Crippen molar-refractivity contribution in [2.45, 2.75) is 0 Å². The first-order valence-corrected chi connectivity index (χ1v) is 6.37. The van der Waals surface area contributed by atoms with Gasteiger partial charge >= 0.3 is 5.97 Å². The molecule has 0 aromatic carbocycles. The largest absolute Gasteiger partial charge is 0.464 e. The van der Waals surface area contributed by atoms with Crippen LogP contribution in [0.4, 0.5) is 5.13 Å². The lowest BCUT2D eigenvalue weighted by molar-refractivity contribution is 0.0595. The van der Waals surface area contributed by atoms with Crippen LogP contribution in [-0.4, -0.2) is 58.6 Å². The Labute approximate surface area is 110 Å². The van der Waals surface area contributed by atoms with Crippen LogP contribution in [0.2, 0.25) is 0 Å². The van der Waals surface area contributed by atoms with Gasteiger partial charge in [0.05, 0.1) is 20.3 Å². The van der Waals surface area contributed by atoms with Gasteiger partial charge in [0, 0.05) is 32.7 Å². The van der Waals surface area contributed by atoms with Gasteiger partial charge in [-0.15, -0.1) is 11.3 Å². The van der Waals surface area contributed by atoms with Crippen LogP contribution in [0.3, 0.4) is 0 Å². The Morgan fingerprint density at radius 2 is 1.89 bits per heavy atom. The molecule has 1 heterocycles. The molecular weight excluding hydrogens is 256 g/mol. The van der Waals surface area contributed by atoms with E-state index in [4.69, 9.17) is 9.47 Å². The third-order valence-electron chi connectivity index (χ3n) is 2.29. The second kappa shape index (κ2) is 8.02. The van der Waals surface area contributed by atoms with Gasteiger partial charge in [0.25, 0.3) is 0 Å². The molecule has 0 N–H and O–H groups in total. The smallest absolute Gasteiger partial charge is 0.357 e. The molecule has 6 nitrogen and oxygen atoms in total. The topological polar surface area (TPSA) is 60.9 Å². The number of hydrogen-bond acceptors (Lipinski definition) is 7. The maximum absolute atomic E-state index is 11.3. The molecule has 0 bridgehead atoms. The van der Waals surface area contributed by atoms with Crippen LogP contribution >= 0.6 is 11.3 Å². The van der Waals surface area contributed by atoms with Crippen molar-refractivity contribution in [1.29, 1.82) is 0 Å². The summed E-state index contributed by atoms with van der Waals surface area (Å²) in [4.78, 5) is 17.6. The van der Waals surface area contributed by atoms with Crippen molar-refractivity contribution < 1.29 is 19.0 Å². The molecule has 0 unspecified atom stereocenters. The summed E-state index contributed by atoms with van der Waals surface area (Å²) in [6, 6.07) is 0. The highest BCUT2D eigenvalue weighted by atomic mass is 32.1. The summed E-state index contributed by atoms with van der Waals surface area (Å²) in [5.41, 5.74) is 0.331. The number of carbonyl (C=O) groups is 1. The summed E-state index contributed by atoms with van der Waals surface area (Å²) in [6.07, 6.45) is 0. The van der Waals surface area contributed by atoms with Gasteiger partial charge in [-0.1, -0.05) is 0 Å². The quantitative estimate of drug-likeness (QED) is 0.660. The third-order valence-corrected chi connectivity index (χ3v) is 3.19. The zero-order valence-corrected chi connectivity index (χ0v) is 11.7. The number of thiazole rings is 1. The minimum atomic E-state index is -0.420. The lowest BCUT2D eigenvalue weighted by Crippen LogP contribution is -2.30. The van der Waals surface area contributed by atoms with Crippen molar-refractivity contribution in [1.82, 2.24) is 4.98 Å². The number of anilines is 1. The SMILES string of the molecule is COCCN(CCOC)c1nc(C(=O)OC)cs1. The molecule has 0 spiro atoms. The molecule has 0 aliphatic carbocycles. The molecule has 0 saturated carbocycles. The van der Waals surface area contributed by atoms with Crippen LogP contribution in [0.5, 0.6) is 0 Å². The number of hydrogen-bond donors (Lipinski definition) is 0. The number of methoxy groups -OCH3 is 3. The van der Waals surface area contributed by atoms with Crippen LogP contribution in [0.15, 0.2) is 5.38 Å². The summed E-state index contributed by atoms with van der Waals surface area (Å²) < 4.78 is 14.7. The molecular formula is C11H18N2O4S. The Morgan fingerprint density at radius 1 is 1.28 bits per heavy atom. The molecule has 18 heavy (non-hydrogen) atoms. The number of nitrogens with zero attached hydrogens (tertiary/aromatic N) is 2. The predicted molar refractivity (Wildman–Crippen MR) is 69.4 cm³/mol. The van der Waals surface area contributed by atoms with Gasteiger partial charge in [0.1, 0.15) is 0 Å². The lowest BCUT2D eigenvalue weighted by Gasteiger charge is -2.20. The normalized spacial score (nSPS) is 10.4. The van der Waals surface area contributed by atoms with Gasteiger partial charge in [-0.05, 0) is 0 Å². The van der Waals surface area contributed by atoms with Crippen LogP contribution in [0.25, 0.3) is 0 Å². The van der Waals surface area contributed by atoms with E-state index in [1.54, 1.807) is 19.6 Å². The fourth-order valence-corrected chi connectivity index (χ4v) is 2.16. The summed E-state index contributed by atoms with van der Waals surface area (Å²) in [7, 11) is 4.64. The molecule has 1 aromatic heterocycles. The Morgan fingerprint density at radius 3 is 2.39 bits per heavy atom. The maximum Gasteiger partial charge on any atom is 0.357 e. The van der Waals surface area contributed by atoms with Crippen molar-refractivity contribution in [3.63, 3.8) is 0 Å². The molecule has 0 fully saturated rings. The van der Waals surface area contributed by atoms with Gasteiger partial charge in [-0.25, -0.2) is 9.78 Å². The zero-order valence-electron chi connectivity index (χ0n) is 10.8. The van der Waals surface area contributed by atoms with Gasteiger partial charge < -0.3 is 19.1 Å². The second-order valence-corrected chi connectivity index (χ2v) is 4.32. The van der Waals surface area contributed by atoms with Crippen molar-refractivity contribution >= 4 is 22.4 Å². The van der Waals surface area contributed by atoms with E-state index in [0.717, 1.165) is 5.13 Å². The van der Waals surface area contributed by atoms with E-state index in [2.05, 4.69) is 9.72 Å². The molecule has 1 rings (SSSR count). The lowest BCUT2D eigenvalue weighted by atomic mass is 10.5. The Bertz CT molecular complexity index is 362. The first-order chi connectivity index (χ1) is 8.72. The van der Waals surface area contributed by atoms with E-state index in [-0.39, 0.29) is 0 Å². The average Bonchev–Trinajstić information content (AvgIpc) is 2.87. The minimum Gasteiger partial charge on any atom is -0.464 e. The Balaban J connectivity index is 2.70. The fraction of sp³-hybridized carbons (Fsp3) is 0.636. The standard InChI is InChI=1S/C11H18N2O4S/c1-15-6-4-13(5-7-16-2)11-12-9(8-18-11)10(14)17-3/h8H,4-7H2,1-3H3. The zero-order chi connectivity index (χ0) is 13.4. The van der Waals surface area contributed by atoms with E-state index in [0.29, 0.717) is 32.0 Å². The third kappa shape index (κ3) is 4.25. The van der Waals surface area contributed by atoms with E-state index < -0.39 is 5.97 Å². The minimum absolute atomic E-state index is 0.331. The Hall–Kier alpha value is -1.18. The number of carbonyl (C=O) groups excluding carboxylic acids is 1. The number of ether oxygens (including phenoxy) is 3. The summed E-state index contributed by atoms with van der Waals surface area (Å²) in [5.74, 6) is -0.420. The van der Waals surface area contributed by atoms with Gasteiger partial charge in [0.2, 0.25) is 0 Å². The first kappa shape index (κ1) is 14.9. The molecule has 0 amide bonds. The summed E-state index contributed by atoms with van der Waals surface area (Å²) >= 11 is 1.41. The van der Waals surface area contributed by atoms with E-state index >= 15 is 0 Å². The maximum atomic E-state index is 11.3. The highest BCUT2D eigenvalue weighted by molar-refractivity contribution is 7.13. The van der Waals surface area contributed by atoms with Crippen LogP contribution in [0, 0.1) is 0 Å². The number of esters is 1. The Kier molecular flexibility index (Phi) is 6.63. The average molecular weight is 274 g/mol. The molecule has 1 aromatic rings. The number of aromatic nitrogens is 1. The van der Waals surface area contributed by atoms with Gasteiger partial charge in [-0.2, -0.15) is 0 Å². The predicted octanol–water partition coefficient (Wildman–Crippen LogP) is 1.03. The summed E-state index contributed by atoms with van der Waals surface area (Å²) in [6.45, 7) is 2.59. The highest BCUT2D eigenvalue weighted by Gasteiger charge is 2.15. The molecule has 0 atom stereocenters. The van der Waals surface area contributed by atoms with E-state index in [1.807, 2.05) is 4.90 Å².